The highest BCUT2D eigenvalue weighted by atomic mass is 19.1. The summed E-state index contributed by atoms with van der Waals surface area (Å²) in [6.45, 7) is 0. The molecule has 17 heavy (non-hydrogen) atoms. The Kier molecular flexibility index (Phi) is 2.31. The maximum Gasteiger partial charge on any atom is 0.260 e. The lowest BCUT2D eigenvalue weighted by Gasteiger charge is -2.20. The van der Waals surface area contributed by atoms with Crippen LogP contribution in [0.2, 0.25) is 0 Å². The van der Waals surface area contributed by atoms with E-state index in [2.05, 4.69) is 10.1 Å². The van der Waals surface area contributed by atoms with Gasteiger partial charge in [-0.3, -0.25) is 0 Å². The molecule has 0 amide bonds. The fourth-order valence-electron chi connectivity index (χ4n) is 1.90. The Morgan fingerprint density at radius 3 is 2.88 bits per heavy atom. The second-order valence-electron chi connectivity index (χ2n) is 4.29. The summed E-state index contributed by atoms with van der Waals surface area (Å²) >= 11 is 0. The van der Waals surface area contributed by atoms with Crippen molar-refractivity contribution in [2.24, 2.45) is 0 Å². The summed E-state index contributed by atoms with van der Waals surface area (Å²) < 4.78 is 18.4. The van der Waals surface area contributed by atoms with E-state index in [1.165, 1.54) is 12.5 Å². The van der Waals surface area contributed by atoms with Crippen LogP contribution in [-0.4, -0.2) is 10.1 Å². The monoisotopic (exact) mass is 233 g/mol. The molecule has 4 nitrogen and oxygen atoms in total. The summed E-state index contributed by atoms with van der Waals surface area (Å²) in [5.74, 6) is 0.923. The van der Waals surface area contributed by atoms with Gasteiger partial charge in [0.25, 0.3) is 5.89 Å². The van der Waals surface area contributed by atoms with Crippen LogP contribution in [0.1, 0.15) is 31.0 Å². The summed E-state index contributed by atoms with van der Waals surface area (Å²) in [6, 6.07) is 4.56. The minimum absolute atomic E-state index is 0.0521. The molecule has 5 heteroatoms. The number of nitrogen functional groups attached to an aromatic ring is 1. The molecule has 3 rings (SSSR count). The van der Waals surface area contributed by atoms with E-state index in [4.69, 9.17) is 10.3 Å². The Morgan fingerprint density at radius 1 is 1.35 bits per heavy atom. The minimum Gasteiger partial charge on any atom is -0.396 e. The Balaban J connectivity index is 1.97. The molecule has 88 valence electrons. The van der Waals surface area contributed by atoms with Crippen molar-refractivity contribution in [3.05, 3.63) is 29.8 Å². The number of nitrogens with zero attached hydrogens (tertiary/aromatic N) is 2. The summed E-state index contributed by atoms with van der Waals surface area (Å²) in [5, 5.41) is 3.92. The lowest BCUT2D eigenvalue weighted by molar-refractivity contribution is 0.366. The van der Waals surface area contributed by atoms with Gasteiger partial charge in [0.1, 0.15) is 5.82 Å². The molecule has 0 atom stereocenters. The molecule has 0 unspecified atom stereocenters. The molecule has 2 N–H and O–H groups in total. The van der Waals surface area contributed by atoms with E-state index in [1.807, 2.05) is 0 Å². The van der Waals surface area contributed by atoms with Crippen molar-refractivity contribution in [3.8, 4) is 11.5 Å². The second kappa shape index (κ2) is 3.84. The fraction of sp³-hybridized carbons (Fsp3) is 0.333. The topological polar surface area (TPSA) is 64.9 Å². The van der Waals surface area contributed by atoms with Gasteiger partial charge in [-0.1, -0.05) is 17.6 Å². The normalized spacial score (nSPS) is 15.8. The summed E-state index contributed by atoms with van der Waals surface area (Å²) in [4.78, 5) is 4.28. The maximum atomic E-state index is 13.3. The van der Waals surface area contributed by atoms with Crippen molar-refractivity contribution < 1.29 is 8.91 Å². The first-order valence-electron chi connectivity index (χ1n) is 5.63. The van der Waals surface area contributed by atoms with Gasteiger partial charge in [0.05, 0.1) is 11.3 Å². The third-order valence-corrected chi connectivity index (χ3v) is 3.20. The van der Waals surface area contributed by atoms with E-state index in [-0.39, 0.29) is 5.69 Å². The molecule has 1 heterocycles. The Morgan fingerprint density at radius 2 is 2.18 bits per heavy atom. The van der Waals surface area contributed by atoms with Gasteiger partial charge in [0, 0.05) is 5.92 Å². The smallest absolute Gasteiger partial charge is 0.260 e. The molecule has 1 aliphatic carbocycles. The first-order valence-corrected chi connectivity index (χ1v) is 5.63. The van der Waals surface area contributed by atoms with Crippen molar-refractivity contribution >= 4 is 5.69 Å². The van der Waals surface area contributed by atoms with Crippen LogP contribution in [0, 0.1) is 5.82 Å². The zero-order valence-electron chi connectivity index (χ0n) is 9.19. The number of para-hydroxylation sites is 1. The fourth-order valence-corrected chi connectivity index (χ4v) is 1.90. The Hall–Kier alpha value is -1.91. The number of anilines is 1. The number of benzene rings is 1. The van der Waals surface area contributed by atoms with Crippen LogP contribution >= 0.6 is 0 Å². The Labute approximate surface area is 97.6 Å². The number of hydrogen-bond acceptors (Lipinski definition) is 4. The first-order chi connectivity index (χ1) is 8.25. The van der Waals surface area contributed by atoms with Gasteiger partial charge in [-0.15, -0.1) is 0 Å². The molecule has 1 aromatic heterocycles. The second-order valence-corrected chi connectivity index (χ2v) is 4.29. The molecule has 0 aliphatic heterocycles. The predicted molar refractivity (Wildman–Crippen MR) is 60.7 cm³/mol. The van der Waals surface area contributed by atoms with E-state index in [1.54, 1.807) is 12.1 Å². The average molecular weight is 233 g/mol. The van der Waals surface area contributed by atoms with E-state index in [0.717, 1.165) is 12.8 Å². The van der Waals surface area contributed by atoms with Gasteiger partial charge >= 0.3 is 0 Å². The number of halogens is 1. The number of nitrogens with two attached hydrogens (primary N) is 1. The standard InChI is InChI=1S/C12H12FN3O/c13-9-6-2-5-8(10(9)14)12-15-11(16-17-12)7-3-1-4-7/h2,5-7H,1,3-4,14H2. The zero-order valence-corrected chi connectivity index (χ0v) is 9.19. The molecule has 0 spiro atoms. The Bertz CT molecular complexity index is 548. The molecule has 2 aromatic rings. The van der Waals surface area contributed by atoms with Crippen LogP contribution in [0.4, 0.5) is 10.1 Å². The van der Waals surface area contributed by atoms with Crippen LogP contribution in [-0.2, 0) is 0 Å². The lowest BCUT2D eigenvalue weighted by atomic mass is 9.85. The SMILES string of the molecule is Nc1c(F)cccc1-c1nc(C2CCC2)no1. The molecular weight excluding hydrogens is 221 g/mol. The van der Waals surface area contributed by atoms with E-state index < -0.39 is 5.82 Å². The first kappa shape index (κ1) is 10.3. The molecule has 1 aromatic carbocycles. The molecule has 0 radical (unpaired) electrons. The maximum absolute atomic E-state index is 13.3. The summed E-state index contributed by atoms with van der Waals surface area (Å²) in [6.07, 6.45) is 3.39. The predicted octanol–water partition coefficient (Wildman–Crippen LogP) is 2.73. The highest BCUT2D eigenvalue weighted by Crippen LogP contribution is 2.36. The number of hydrogen-bond donors (Lipinski definition) is 1. The highest BCUT2D eigenvalue weighted by Gasteiger charge is 2.25. The van der Waals surface area contributed by atoms with Gasteiger partial charge in [0.2, 0.25) is 0 Å². The van der Waals surface area contributed by atoms with Crippen LogP contribution in [0.15, 0.2) is 22.7 Å². The van der Waals surface area contributed by atoms with Gasteiger partial charge < -0.3 is 10.3 Å². The zero-order chi connectivity index (χ0) is 11.8. The highest BCUT2D eigenvalue weighted by molar-refractivity contribution is 5.70. The van der Waals surface area contributed by atoms with Crippen molar-refractivity contribution in [1.29, 1.82) is 0 Å². The molecule has 1 fully saturated rings. The molecular formula is C12H12FN3O. The van der Waals surface area contributed by atoms with Gasteiger partial charge in [-0.05, 0) is 25.0 Å². The van der Waals surface area contributed by atoms with Crippen molar-refractivity contribution in [2.45, 2.75) is 25.2 Å². The number of rotatable bonds is 2. The number of aromatic nitrogens is 2. The van der Waals surface area contributed by atoms with Gasteiger partial charge in [0.15, 0.2) is 5.82 Å². The van der Waals surface area contributed by atoms with Crippen molar-refractivity contribution in [1.82, 2.24) is 10.1 Å². The summed E-state index contributed by atoms with van der Waals surface area (Å²) in [7, 11) is 0. The molecule has 1 saturated carbocycles. The van der Waals surface area contributed by atoms with Crippen LogP contribution in [0.3, 0.4) is 0 Å². The molecule has 0 bridgehead atoms. The van der Waals surface area contributed by atoms with Crippen LogP contribution in [0.5, 0.6) is 0 Å². The van der Waals surface area contributed by atoms with Crippen molar-refractivity contribution in [2.75, 3.05) is 5.73 Å². The van der Waals surface area contributed by atoms with Crippen molar-refractivity contribution in [3.63, 3.8) is 0 Å². The third-order valence-electron chi connectivity index (χ3n) is 3.20. The lowest BCUT2D eigenvalue weighted by Crippen LogP contribution is -2.10. The molecule has 0 saturated heterocycles. The van der Waals surface area contributed by atoms with E-state index in [9.17, 15) is 4.39 Å². The van der Waals surface area contributed by atoms with E-state index in [0.29, 0.717) is 23.2 Å². The average Bonchev–Trinajstić information content (AvgIpc) is 2.68. The van der Waals surface area contributed by atoms with E-state index >= 15 is 0 Å². The van der Waals surface area contributed by atoms with Gasteiger partial charge in [-0.2, -0.15) is 4.98 Å². The largest absolute Gasteiger partial charge is 0.396 e. The minimum atomic E-state index is -0.467. The summed E-state index contributed by atoms with van der Waals surface area (Å²) in [5.41, 5.74) is 6.16. The third kappa shape index (κ3) is 1.67. The van der Waals surface area contributed by atoms with Crippen LogP contribution < -0.4 is 5.73 Å². The van der Waals surface area contributed by atoms with Gasteiger partial charge in [-0.25, -0.2) is 4.39 Å². The molecule has 1 aliphatic rings. The van der Waals surface area contributed by atoms with Crippen LogP contribution in [0.25, 0.3) is 11.5 Å². The quantitative estimate of drug-likeness (QED) is 0.810.